The van der Waals surface area contributed by atoms with Gasteiger partial charge >= 0.3 is 0 Å². The molecule has 4 aliphatic carbocycles. The molecular formula is C29H19N. The summed E-state index contributed by atoms with van der Waals surface area (Å²) in [6, 6.07) is 15.5. The molecule has 0 N–H and O–H groups in total. The van der Waals surface area contributed by atoms with Gasteiger partial charge in [-0.1, -0.05) is 78.9 Å². The molecule has 2 aromatic rings. The average Bonchev–Trinajstić information content (AvgIpc) is 2.81. The van der Waals surface area contributed by atoms with Gasteiger partial charge in [-0.15, -0.1) is 0 Å². The first-order valence-electron chi connectivity index (χ1n) is 10.5. The van der Waals surface area contributed by atoms with Crippen molar-refractivity contribution < 1.29 is 0 Å². The van der Waals surface area contributed by atoms with E-state index in [1.165, 1.54) is 55.3 Å². The molecule has 1 heteroatoms. The van der Waals surface area contributed by atoms with Crippen LogP contribution in [-0.2, 0) is 0 Å². The maximum Gasteiger partial charge on any atom is 0.100 e. The fraction of sp³-hybridized carbons (Fsp3) is 0.0690. The Bertz CT molecular complexity index is 1430. The van der Waals surface area contributed by atoms with E-state index in [0.29, 0.717) is 5.92 Å². The Morgan fingerprint density at radius 1 is 0.767 bits per heavy atom. The van der Waals surface area contributed by atoms with Crippen LogP contribution in [0.5, 0.6) is 0 Å². The predicted molar refractivity (Wildman–Crippen MR) is 125 cm³/mol. The van der Waals surface area contributed by atoms with Crippen molar-refractivity contribution in [2.75, 3.05) is 0 Å². The lowest BCUT2D eigenvalue weighted by Crippen LogP contribution is -2.29. The smallest absolute Gasteiger partial charge is 0.100 e. The zero-order chi connectivity index (χ0) is 19.7. The summed E-state index contributed by atoms with van der Waals surface area (Å²) in [5.41, 5.74) is 10.8. The lowest BCUT2D eigenvalue weighted by Gasteiger charge is -2.39. The maximum absolute atomic E-state index is 4.80. The summed E-state index contributed by atoms with van der Waals surface area (Å²) >= 11 is 0. The van der Waals surface area contributed by atoms with Crippen LogP contribution in [0, 0.1) is 5.92 Å². The highest BCUT2D eigenvalue weighted by Gasteiger charge is 2.38. The molecule has 2 atom stereocenters. The van der Waals surface area contributed by atoms with Crippen LogP contribution >= 0.6 is 0 Å². The van der Waals surface area contributed by atoms with Gasteiger partial charge in [0.15, 0.2) is 0 Å². The molecule has 1 heterocycles. The van der Waals surface area contributed by atoms with E-state index in [0.717, 1.165) is 0 Å². The first-order valence-corrected chi connectivity index (χ1v) is 10.5. The third kappa shape index (κ3) is 2.15. The zero-order valence-corrected chi connectivity index (χ0v) is 16.4. The topological polar surface area (TPSA) is 12.4 Å². The third-order valence-corrected chi connectivity index (χ3v) is 6.81. The lowest BCUT2D eigenvalue weighted by molar-refractivity contribution is 0.786. The maximum atomic E-state index is 4.80. The van der Waals surface area contributed by atoms with Crippen molar-refractivity contribution in [1.82, 2.24) is 0 Å². The number of aliphatic imine (C=N–C) groups is 1. The lowest BCUT2D eigenvalue weighted by atomic mass is 9.65. The van der Waals surface area contributed by atoms with Gasteiger partial charge in [0, 0.05) is 12.1 Å². The van der Waals surface area contributed by atoms with E-state index in [4.69, 9.17) is 4.99 Å². The van der Waals surface area contributed by atoms with Gasteiger partial charge in [-0.2, -0.15) is 0 Å². The molecule has 5 aliphatic rings. The Morgan fingerprint density at radius 2 is 1.70 bits per heavy atom. The van der Waals surface area contributed by atoms with Crippen molar-refractivity contribution in [3.63, 3.8) is 0 Å². The van der Waals surface area contributed by atoms with Gasteiger partial charge in [-0.25, -0.2) is 0 Å². The minimum Gasteiger partial charge on any atom is -0.280 e. The normalized spacial score (nSPS) is 25.1. The summed E-state index contributed by atoms with van der Waals surface area (Å²) in [5, 5.41) is 2.57. The number of benzene rings is 2. The Balaban J connectivity index is 1.43. The minimum absolute atomic E-state index is 0.134. The second-order valence-corrected chi connectivity index (χ2v) is 8.39. The van der Waals surface area contributed by atoms with Crippen LogP contribution in [0.1, 0.15) is 5.56 Å². The molecule has 0 spiro atoms. The van der Waals surface area contributed by atoms with Gasteiger partial charge in [0.2, 0.25) is 0 Å². The largest absolute Gasteiger partial charge is 0.280 e. The van der Waals surface area contributed by atoms with Gasteiger partial charge in [-0.05, 0) is 73.6 Å². The first kappa shape index (κ1) is 16.1. The Labute approximate surface area is 175 Å². The Morgan fingerprint density at radius 3 is 2.67 bits per heavy atom. The number of allylic oxidation sites excluding steroid dienone is 12. The molecule has 0 saturated carbocycles. The standard InChI is InChI=1S/C29H19N/c1-2-5-20-16-21(8-7-18(20)4-1)24-12-9-19-10-14-26-28-22(11-13-25(24)27(19)28)17-23-6-3-15-30-29(23)26/h1-17,27,29H. The number of rotatable bonds is 1. The van der Waals surface area contributed by atoms with E-state index >= 15 is 0 Å². The average molecular weight is 381 g/mol. The number of hydrogen-bond acceptors (Lipinski definition) is 1. The summed E-state index contributed by atoms with van der Waals surface area (Å²) in [6.07, 6.45) is 22.3. The first-order chi connectivity index (χ1) is 14.9. The van der Waals surface area contributed by atoms with Crippen molar-refractivity contribution in [3.8, 4) is 0 Å². The monoisotopic (exact) mass is 381 g/mol. The molecule has 0 amide bonds. The molecule has 1 nitrogen and oxygen atoms in total. The highest BCUT2D eigenvalue weighted by Crippen LogP contribution is 2.51. The van der Waals surface area contributed by atoms with Crippen molar-refractivity contribution >= 4 is 22.6 Å². The van der Waals surface area contributed by atoms with Crippen molar-refractivity contribution in [3.05, 3.63) is 136 Å². The minimum atomic E-state index is 0.134. The second kappa shape index (κ2) is 5.90. The molecule has 0 aromatic heterocycles. The quantitative estimate of drug-likeness (QED) is 0.537. The van der Waals surface area contributed by atoms with Crippen LogP contribution < -0.4 is 0 Å². The SMILES string of the molecule is C1=CC2=CC3=C4C(=CC=C5C=CC(c6ccc7ccccc7c6)=C(C=C3)C54)C2N=C1. The molecule has 30 heavy (non-hydrogen) atoms. The molecule has 7 rings (SSSR count). The molecule has 2 aromatic carbocycles. The van der Waals surface area contributed by atoms with Crippen LogP contribution in [0.3, 0.4) is 0 Å². The number of fused-ring (bicyclic) bond motifs is 3. The molecule has 0 radical (unpaired) electrons. The fourth-order valence-corrected chi connectivity index (χ4v) is 5.43. The van der Waals surface area contributed by atoms with Crippen LogP contribution in [0.2, 0.25) is 0 Å². The van der Waals surface area contributed by atoms with Gasteiger partial charge in [0.25, 0.3) is 0 Å². The molecule has 0 bridgehead atoms. The highest BCUT2D eigenvalue weighted by molar-refractivity contribution is 5.91. The molecule has 0 saturated heterocycles. The van der Waals surface area contributed by atoms with Crippen molar-refractivity contribution in [2.45, 2.75) is 6.04 Å². The molecule has 2 unspecified atom stereocenters. The summed E-state index contributed by atoms with van der Waals surface area (Å²) in [5.74, 6) is 0.301. The number of hydrogen-bond donors (Lipinski definition) is 0. The van der Waals surface area contributed by atoms with Crippen LogP contribution in [0.15, 0.2) is 136 Å². The summed E-state index contributed by atoms with van der Waals surface area (Å²) in [6.45, 7) is 0. The van der Waals surface area contributed by atoms with Gasteiger partial charge in [-0.3, -0.25) is 4.99 Å². The van der Waals surface area contributed by atoms with Gasteiger partial charge < -0.3 is 0 Å². The van der Waals surface area contributed by atoms with E-state index in [2.05, 4.69) is 91.1 Å². The Hall–Kier alpha value is -3.71. The van der Waals surface area contributed by atoms with E-state index in [-0.39, 0.29) is 6.04 Å². The third-order valence-electron chi connectivity index (χ3n) is 6.81. The summed E-state index contributed by atoms with van der Waals surface area (Å²) in [4.78, 5) is 4.80. The number of dihydropyridines is 1. The molecule has 140 valence electrons. The predicted octanol–water partition coefficient (Wildman–Crippen LogP) is 6.46. The van der Waals surface area contributed by atoms with Crippen LogP contribution in [0.25, 0.3) is 16.3 Å². The molecule has 1 aliphatic heterocycles. The van der Waals surface area contributed by atoms with Crippen LogP contribution in [-0.4, -0.2) is 12.3 Å². The second-order valence-electron chi connectivity index (χ2n) is 8.39. The Kier molecular flexibility index (Phi) is 3.17. The van der Waals surface area contributed by atoms with E-state index < -0.39 is 0 Å². The molecular weight excluding hydrogens is 362 g/mol. The summed E-state index contributed by atoms with van der Waals surface area (Å²) in [7, 11) is 0. The van der Waals surface area contributed by atoms with E-state index in [1.807, 2.05) is 12.3 Å². The van der Waals surface area contributed by atoms with Crippen molar-refractivity contribution in [2.24, 2.45) is 10.9 Å². The fourth-order valence-electron chi connectivity index (χ4n) is 5.43. The highest BCUT2D eigenvalue weighted by atomic mass is 14.8. The van der Waals surface area contributed by atoms with E-state index in [9.17, 15) is 0 Å². The number of nitrogens with zero attached hydrogens (tertiary/aromatic N) is 1. The zero-order valence-electron chi connectivity index (χ0n) is 16.4. The molecule has 0 fully saturated rings. The van der Waals surface area contributed by atoms with Crippen molar-refractivity contribution in [1.29, 1.82) is 0 Å². The van der Waals surface area contributed by atoms with Gasteiger partial charge in [0.05, 0.1) is 0 Å². The summed E-state index contributed by atoms with van der Waals surface area (Å²) < 4.78 is 0. The van der Waals surface area contributed by atoms with Crippen LogP contribution in [0.4, 0.5) is 0 Å². The van der Waals surface area contributed by atoms with Gasteiger partial charge in [0.1, 0.15) is 6.04 Å². The van der Waals surface area contributed by atoms with E-state index in [1.54, 1.807) is 0 Å².